The van der Waals surface area contributed by atoms with E-state index in [1.54, 1.807) is 32.2 Å². The third kappa shape index (κ3) is 3.30. The van der Waals surface area contributed by atoms with Gasteiger partial charge in [0, 0.05) is 35.8 Å². The summed E-state index contributed by atoms with van der Waals surface area (Å²) in [6.07, 6.45) is 1.73. The molecule has 35 heavy (non-hydrogen) atoms. The molecule has 0 amide bonds. The number of hydrogen-bond donors (Lipinski definition) is 0. The first-order chi connectivity index (χ1) is 16.7. The second kappa shape index (κ2) is 8.14. The molecule has 0 N–H and O–H groups in total. The Bertz CT molecular complexity index is 1540. The van der Waals surface area contributed by atoms with Crippen LogP contribution in [0.4, 0.5) is 5.69 Å². The predicted molar refractivity (Wildman–Crippen MR) is 125 cm³/mol. The Morgan fingerprint density at radius 3 is 2.51 bits per heavy atom. The molecule has 2 aromatic carbocycles. The number of carbonyl (C=O) groups excluding carboxylic acids is 2. The van der Waals surface area contributed by atoms with E-state index in [2.05, 4.69) is 0 Å². The highest BCUT2D eigenvalue weighted by Gasteiger charge is 2.53. The summed E-state index contributed by atoms with van der Waals surface area (Å²) in [4.78, 5) is 37.0. The lowest BCUT2D eigenvalue weighted by atomic mass is 9.83. The summed E-state index contributed by atoms with van der Waals surface area (Å²) in [5.41, 5.74) is 1.41. The van der Waals surface area contributed by atoms with Gasteiger partial charge in [-0.05, 0) is 31.5 Å². The molecule has 0 fully saturated rings. The Labute approximate surface area is 200 Å². The van der Waals surface area contributed by atoms with Crippen molar-refractivity contribution in [3.05, 3.63) is 81.6 Å². The molecule has 0 saturated carbocycles. The van der Waals surface area contributed by atoms with Crippen LogP contribution in [-0.4, -0.2) is 46.6 Å². The van der Waals surface area contributed by atoms with Crippen molar-refractivity contribution in [2.45, 2.75) is 30.3 Å². The van der Waals surface area contributed by atoms with Gasteiger partial charge in [-0.3, -0.25) is 14.9 Å². The molecule has 0 radical (unpaired) electrons. The summed E-state index contributed by atoms with van der Waals surface area (Å²) in [5.74, 6) is -1.27. The van der Waals surface area contributed by atoms with Gasteiger partial charge in [-0.15, -0.1) is 0 Å². The zero-order chi connectivity index (χ0) is 25.1. The highest BCUT2D eigenvalue weighted by Crippen LogP contribution is 2.47. The first-order valence-electron chi connectivity index (χ1n) is 10.9. The predicted octanol–water partition coefficient (Wildman–Crippen LogP) is 3.28. The molecule has 180 valence electrons. The fraction of sp³-hybridized carbons (Fsp3) is 0.250. The van der Waals surface area contributed by atoms with Crippen molar-refractivity contribution in [1.82, 2.24) is 8.87 Å². The first-order valence-corrected chi connectivity index (χ1v) is 12.4. The molecular formula is C24H21N3O7S. The number of aryl methyl sites for hydroxylation is 1. The van der Waals surface area contributed by atoms with Crippen molar-refractivity contribution in [1.29, 1.82) is 0 Å². The van der Waals surface area contributed by atoms with Crippen molar-refractivity contribution < 1.29 is 27.7 Å². The van der Waals surface area contributed by atoms with Crippen LogP contribution in [0.25, 0.3) is 10.9 Å². The van der Waals surface area contributed by atoms with E-state index in [0.29, 0.717) is 16.6 Å². The van der Waals surface area contributed by atoms with Crippen LogP contribution in [0.15, 0.2) is 65.1 Å². The lowest BCUT2D eigenvalue weighted by Gasteiger charge is -2.43. The van der Waals surface area contributed by atoms with Crippen molar-refractivity contribution in [3.8, 4) is 0 Å². The SMILES string of the molecule is CCOC(=O)C1=CC[C@H]2c3c(c4ccccc4n3C)C(=O)[C@@H]1N2S(=O)(=O)c1ccc([N+](=O)[O-])cc1. The van der Waals surface area contributed by atoms with E-state index in [0.717, 1.165) is 34.1 Å². The smallest absolute Gasteiger partial charge is 0.335 e. The van der Waals surface area contributed by atoms with E-state index in [4.69, 9.17) is 4.74 Å². The number of hydrogen-bond acceptors (Lipinski definition) is 7. The molecule has 2 aliphatic rings. The molecule has 0 aliphatic carbocycles. The van der Waals surface area contributed by atoms with E-state index < -0.39 is 38.8 Å². The Balaban J connectivity index is 1.74. The standard InChI is InChI=1S/C24H21N3O7S/c1-3-34-24(29)17-12-13-19-22-20(16-6-4-5-7-18(16)25(22)2)23(28)21(17)26(19)35(32,33)15-10-8-14(9-11-15)27(30)31/h4-12,19,21H,3,13H2,1-2H3/t19-,21+/m0/s1. The minimum Gasteiger partial charge on any atom is -0.463 e. The molecule has 3 aromatic rings. The van der Waals surface area contributed by atoms with Gasteiger partial charge in [0.15, 0.2) is 5.78 Å². The molecule has 2 atom stereocenters. The molecule has 1 aromatic heterocycles. The number of nitro groups is 1. The van der Waals surface area contributed by atoms with Gasteiger partial charge in [0.2, 0.25) is 10.0 Å². The number of carbonyl (C=O) groups is 2. The number of ketones is 1. The maximum atomic E-state index is 13.9. The van der Waals surface area contributed by atoms with E-state index in [1.165, 1.54) is 0 Å². The van der Waals surface area contributed by atoms with Crippen LogP contribution in [0.3, 0.4) is 0 Å². The van der Waals surface area contributed by atoms with Crippen LogP contribution < -0.4 is 0 Å². The van der Waals surface area contributed by atoms with E-state index >= 15 is 0 Å². The Hall–Kier alpha value is -3.83. The average Bonchev–Trinajstić information content (AvgIpc) is 3.15. The van der Waals surface area contributed by atoms with Crippen LogP contribution in [0.2, 0.25) is 0 Å². The Morgan fingerprint density at radius 2 is 1.86 bits per heavy atom. The quantitative estimate of drug-likeness (QED) is 0.302. The van der Waals surface area contributed by atoms with Crippen LogP contribution in [-0.2, 0) is 26.6 Å². The third-order valence-electron chi connectivity index (χ3n) is 6.51. The van der Waals surface area contributed by atoms with Gasteiger partial charge < -0.3 is 9.30 Å². The van der Waals surface area contributed by atoms with Crippen molar-refractivity contribution in [3.63, 3.8) is 0 Å². The highest BCUT2D eigenvalue weighted by molar-refractivity contribution is 7.89. The number of Topliss-reactive ketones (excluding diaryl/α,β-unsaturated/α-hetero) is 1. The number of sulfonamides is 1. The molecule has 10 nitrogen and oxygen atoms in total. The molecule has 0 unspecified atom stereocenters. The van der Waals surface area contributed by atoms with Gasteiger partial charge in [0.1, 0.15) is 6.04 Å². The molecule has 0 spiro atoms. The number of esters is 1. The van der Waals surface area contributed by atoms with Crippen molar-refractivity contribution >= 4 is 38.4 Å². The second-order valence-electron chi connectivity index (χ2n) is 8.32. The average molecular weight is 496 g/mol. The lowest BCUT2D eigenvalue weighted by Crippen LogP contribution is -2.54. The van der Waals surface area contributed by atoms with E-state index in [9.17, 15) is 28.1 Å². The number of rotatable bonds is 5. The molecule has 5 rings (SSSR count). The molecule has 2 bridgehead atoms. The highest BCUT2D eigenvalue weighted by atomic mass is 32.2. The molecule has 2 aliphatic heterocycles. The first kappa shape index (κ1) is 22.9. The Morgan fingerprint density at radius 1 is 1.17 bits per heavy atom. The topological polar surface area (TPSA) is 129 Å². The fourth-order valence-corrected chi connectivity index (χ4v) is 6.77. The van der Waals surface area contributed by atoms with Crippen LogP contribution in [0, 0.1) is 10.1 Å². The number of fused-ring (bicyclic) bond motifs is 6. The largest absolute Gasteiger partial charge is 0.463 e. The van der Waals surface area contributed by atoms with Crippen molar-refractivity contribution in [2.75, 3.05) is 6.61 Å². The minimum atomic E-state index is -4.35. The number of nitro benzene ring substituents is 1. The zero-order valence-corrected chi connectivity index (χ0v) is 19.7. The molecule has 11 heteroatoms. The summed E-state index contributed by atoms with van der Waals surface area (Å²) < 4.78 is 35.8. The monoisotopic (exact) mass is 495 g/mol. The molecule has 0 saturated heterocycles. The Kier molecular flexibility index (Phi) is 5.33. The number of benzene rings is 2. The van der Waals surface area contributed by atoms with E-state index in [-0.39, 0.29) is 29.2 Å². The van der Waals surface area contributed by atoms with Crippen LogP contribution in [0.1, 0.15) is 35.4 Å². The number of nitrogens with zero attached hydrogens (tertiary/aromatic N) is 3. The van der Waals surface area contributed by atoms with Crippen LogP contribution >= 0.6 is 0 Å². The second-order valence-corrected chi connectivity index (χ2v) is 10.2. The maximum Gasteiger partial charge on any atom is 0.335 e. The summed E-state index contributed by atoms with van der Waals surface area (Å²) in [6, 6.07) is 9.57. The van der Waals surface area contributed by atoms with Gasteiger partial charge in [-0.25, -0.2) is 13.2 Å². The summed E-state index contributed by atoms with van der Waals surface area (Å²) in [6.45, 7) is 1.69. The third-order valence-corrected chi connectivity index (χ3v) is 8.40. The number of aromatic nitrogens is 1. The van der Waals surface area contributed by atoms with Gasteiger partial charge in [-0.1, -0.05) is 24.3 Å². The number of para-hydroxylation sites is 1. The van der Waals surface area contributed by atoms with Gasteiger partial charge >= 0.3 is 5.97 Å². The van der Waals surface area contributed by atoms with E-state index in [1.807, 2.05) is 16.7 Å². The number of ether oxygens (including phenoxy) is 1. The lowest BCUT2D eigenvalue weighted by molar-refractivity contribution is -0.384. The van der Waals surface area contributed by atoms with Crippen molar-refractivity contribution in [2.24, 2.45) is 7.05 Å². The van der Waals surface area contributed by atoms with Gasteiger partial charge in [0.25, 0.3) is 5.69 Å². The summed E-state index contributed by atoms with van der Waals surface area (Å²) >= 11 is 0. The zero-order valence-electron chi connectivity index (χ0n) is 18.9. The minimum absolute atomic E-state index is 0.0304. The summed E-state index contributed by atoms with van der Waals surface area (Å²) in [7, 11) is -2.57. The molecule has 3 heterocycles. The number of non-ortho nitro benzene ring substituents is 1. The van der Waals surface area contributed by atoms with Crippen LogP contribution in [0.5, 0.6) is 0 Å². The maximum absolute atomic E-state index is 13.9. The normalized spacial score (nSPS) is 19.8. The fourth-order valence-electron chi connectivity index (χ4n) is 5.04. The van der Waals surface area contributed by atoms with Gasteiger partial charge in [0.05, 0.1) is 33.6 Å². The van der Waals surface area contributed by atoms with Gasteiger partial charge in [-0.2, -0.15) is 4.31 Å². The molecular weight excluding hydrogens is 474 g/mol. The summed E-state index contributed by atoms with van der Waals surface area (Å²) in [5, 5.41) is 11.7.